The molecule has 10 heteroatoms. The lowest BCUT2D eigenvalue weighted by Crippen LogP contribution is -3.15. The zero-order valence-corrected chi connectivity index (χ0v) is 15.4. The summed E-state index contributed by atoms with van der Waals surface area (Å²) in [5, 5.41) is 13.1. The van der Waals surface area contributed by atoms with Gasteiger partial charge in [-0.25, -0.2) is 0 Å². The molecule has 2 N–H and O–H groups in total. The van der Waals surface area contributed by atoms with Crippen LogP contribution >= 0.6 is 0 Å². The summed E-state index contributed by atoms with van der Waals surface area (Å²) in [6.45, 7) is 2.61. The molecule has 0 atom stereocenters. The standard InChI is InChI=1S/C19H19F3N4O3/c20-19(21,22)16-3-1-2-4-17(16)23-18(27)13-24-9-11-25(12-10-24)14-5-7-15(8-6-14)26(28)29/h1-8H,9-13H2,(H,23,27)/p+1. The van der Waals surface area contributed by atoms with Gasteiger partial charge in [0.1, 0.15) is 0 Å². The molecule has 1 saturated heterocycles. The third-order valence-electron chi connectivity index (χ3n) is 4.81. The van der Waals surface area contributed by atoms with Crippen LogP contribution in [0.2, 0.25) is 0 Å². The van der Waals surface area contributed by atoms with Gasteiger partial charge >= 0.3 is 6.18 Å². The van der Waals surface area contributed by atoms with Gasteiger partial charge in [0.2, 0.25) is 0 Å². The third-order valence-corrected chi connectivity index (χ3v) is 4.81. The van der Waals surface area contributed by atoms with Crippen LogP contribution in [-0.2, 0) is 11.0 Å². The zero-order valence-electron chi connectivity index (χ0n) is 15.4. The van der Waals surface area contributed by atoms with Crippen LogP contribution in [-0.4, -0.2) is 43.6 Å². The summed E-state index contributed by atoms with van der Waals surface area (Å²) in [5.41, 5.74) is -0.229. The molecule has 0 aromatic heterocycles. The fraction of sp³-hybridized carbons (Fsp3) is 0.316. The van der Waals surface area contributed by atoms with Gasteiger partial charge in [-0.1, -0.05) is 12.1 Å². The number of carbonyl (C=O) groups excluding carboxylic acids is 1. The molecule has 29 heavy (non-hydrogen) atoms. The number of quaternary nitrogens is 1. The van der Waals surface area contributed by atoms with Crippen LogP contribution in [0.4, 0.5) is 30.2 Å². The Bertz CT molecular complexity index is 879. The number of nitrogens with zero attached hydrogens (tertiary/aromatic N) is 2. The molecule has 1 aliphatic rings. The highest BCUT2D eigenvalue weighted by molar-refractivity contribution is 5.92. The number of para-hydroxylation sites is 1. The Balaban J connectivity index is 1.53. The first-order valence-electron chi connectivity index (χ1n) is 9.03. The van der Waals surface area contributed by atoms with Crippen LogP contribution in [0.5, 0.6) is 0 Å². The molecule has 1 heterocycles. The maximum absolute atomic E-state index is 13.0. The topological polar surface area (TPSA) is 79.9 Å². The van der Waals surface area contributed by atoms with Crippen molar-refractivity contribution in [3.63, 3.8) is 0 Å². The largest absolute Gasteiger partial charge is 0.418 e. The monoisotopic (exact) mass is 409 g/mol. The van der Waals surface area contributed by atoms with Gasteiger partial charge in [0.15, 0.2) is 6.54 Å². The molecule has 1 fully saturated rings. The molecule has 0 bridgehead atoms. The van der Waals surface area contributed by atoms with E-state index in [4.69, 9.17) is 0 Å². The fourth-order valence-corrected chi connectivity index (χ4v) is 3.30. The Morgan fingerprint density at radius 3 is 2.31 bits per heavy atom. The van der Waals surface area contributed by atoms with Crippen molar-refractivity contribution in [2.75, 3.05) is 42.9 Å². The number of alkyl halides is 3. The average Bonchev–Trinajstić information content (AvgIpc) is 2.68. The van der Waals surface area contributed by atoms with Crippen molar-refractivity contribution >= 4 is 23.0 Å². The highest BCUT2D eigenvalue weighted by Crippen LogP contribution is 2.34. The van der Waals surface area contributed by atoms with Gasteiger partial charge in [-0.15, -0.1) is 0 Å². The predicted molar refractivity (Wildman–Crippen MR) is 101 cm³/mol. The minimum Gasteiger partial charge on any atom is -0.360 e. The summed E-state index contributed by atoms with van der Waals surface area (Å²) in [5.74, 6) is -0.472. The Kier molecular flexibility index (Phi) is 6.02. The number of benzene rings is 2. The van der Waals surface area contributed by atoms with E-state index in [2.05, 4.69) is 10.2 Å². The Hall–Kier alpha value is -3.14. The highest BCUT2D eigenvalue weighted by Gasteiger charge is 2.34. The van der Waals surface area contributed by atoms with Crippen molar-refractivity contribution in [2.24, 2.45) is 0 Å². The van der Waals surface area contributed by atoms with Crippen molar-refractivity contribution in [3.05, 3.63) is 64.2 Å². The van der Waals surface area contributed by atoms with E-state index in [1.807, 2.05) is 0 Å². The summed E-state index contributed by atoms with van der Waals surface area (Å²) < 4.78 is 39.1. The number of hydrogen-bond donors (Lipinski definition) is 2. The number of carbonyl (C=O) groups is 1. The summed E-state index contributed by atoms with van der Waals surface area (Å²) in [4.78, 5) is 25.5. The number of nitro groups is 1. The SMILES string of the molecule is O=C(C[NH+]1CCN(c2ccc([N+](=O)[O-])cc2)CC1)Nc1ccccc1C(F)(F)F. The van der Waals surface area contributed by atoms with Gasteiger partial charge in [0.25, 0.3) is 11.6 Å². The van der Waals surface area contributed by atoms with Gasteiger partial charge in [0, 0.05) is 17.8 Å². The lowest BCUT2D eigenvalue weighted by Gasteiger charge is -2.33. The van der Waals surface area contributed by atoms with Crippen molar-refractivity contribution < 1.29 is 27.8 Å². The number of halogens is 3. The van der Waals surface area contributed by atoms with Gasteiger partial charge in [-0.05, 0) is 24.3 Å². The molecule has 7 nitrogen and oxygen atoms in total. The van der Waals surface area contributed by atoms with Gasteiger partial charge in [-0.2, -0.15) is 13.2 Å². The lowest BCUT2D eigenvalue weighted by molar-refractivity contribution is -0.892. The molecule has 1 aliphatic heterocycles. The van der Waals surface area contributed by atoms with Crippen molar-refractivity contribution in [3.8, 4) is 0 Å². The van der Waals surface area contributed by atoms with Gasteiger partial charge < -0.3 is 15.1 Å². The lowest BCUT2D eigenvalue weighted by atomic mass is 10.1. The fourth-order valence-electron chi connectivity index (χ4n) is 3.30. The van der Waals surface area contributed by atoms with E-state index < -0.39 is 22.6 Å². The predicted octanol–water partition coefficient (Wildman–Crippen LogP) is 1.96. The van der Waals surface area contributed by atoms with Crippen molar-refractivity contribution in [1.82, 2.24) is 0 Å². The van der Waals surface area contributed by atoms with Crippen LogP contribution < -0.4 is 15.1 Å². The second kappa shape index (κ2) is 8.48. The second-order valence-electron chi connectivity index (χ2n) is 6.78. The molecule has 2 aromatic carbocycles. The number of nitro benzene ring substituents is 1. The molecule has 0 saturated carbocycles. The van der Waals surface area contributed by atoms with Crippen LogP contribution in [0, 0.1) is 10.1 Å². The molecule has 2 aromatic rings. The molecule has 0 radical (unpaired) electrons. The van der Waals surface area contributed by atoms with E-state index in [0.717, 1.165) is 16.7 Å². The van der Waals surface area contributed by atoms with Crippen LogP contribution in [0.15, 0.2) is 48.5 Å². The summed E-state index contributed by atoms with van der Waals surface area (Å²) >= 11 is 0. The summed E-state index contributed by atoms with van der Waals surface area (Å²) in [6.07, 6.45) is -4.53. The number of amides is 1. The van der Waals surface area contributed by atoms with Crippen molar-refractivity contribution in [2.45, 2.75) is 6.18 Å². The first kappa shape index (κ1) is 20.6. The number of anilines is 2. The van der Waals surface area contributed by atoms with E-state index in [1.54, 1.807) is 12.1 Å². The number of nitrogens with one attached hydrogen (secondary N) is 2. The van der Waals surface area contributed by atoms with E-state index >= 15 is 0 Å². The van der Waals surface area contributed by atoms with Crippen LogP contribution in [0.25, 0.3) is 0 Å². The van der Waals surface area contributed by atoms with Crippen LogP contribution in [0.3, 0.4) is 0 Å². The molecule has 0 aliphatic carbocycles. The molecule has 3 rings (SSSR count). The molecule has 0 spiro atoms. The van der Waals surface area contributed by atoms with Gasteiger partial charge in [0.05, 0.1) is 42.4 Å². The second-order valence-corrected chi connectivity index (χ2v) is 6.78. The minimum absolute atomic E-state index is 0.0221. The molecular weight excluding hydrogens is 389 g/mol. The quantitative estimate of drug-likeness (QED) is 0.585. The van der Waals surface area contributed by atoms with Crippen LogP contribution in [0.1, 0.15) is 5.56 Å². The average molecular weight is 409 g/mol. The molecule has 0 unspecified atom stereocenters. The third kappa shape index (κ3) is 5.23. The van der Waals surface area contributed by atoms with Gasteiger partial charge in [-0.3, -0.25) is 14.9 Å². The number of piperazine rings is 1. The number of rotatable bonds is 5. The van der Waals surface area contributed by atoms with E-state index in [0.29, 0.717) is 26.2 Å². The summed E-state index contributed by atoms with van der Waals surface area (Å²) in [7, 11) is 0. The zero-order chi connectivity index (χ0) is 21.0. The van der Waals surface area contributed by atoms with E-state index in [1.165, 1.54) is 30.3 Å². The van der Waals surface area contributed by atoms with E-state index in [9.17, 15) is 28.1 Å². The van der Waals surface area contributed by atoms with E-state index in [-0.39, 0.29) is 17.9 Å². The first-order valence-corrected chi connectivity index (χ1v) is 9.03. The number of non-ortho nitro benzene ring substituents is 1. The first-order chi connectivity index (χ1) is 13.7. The maximum atomic E-state index is 13.0. The highest BCUT2D eigenvalue weighted by atomic mass is 19.4. The molecular formula is C19H20F3N4O3+. The minimum atomic E-state index is -4.53. The Morgan fingerprint density at radius 2 is 1.72 bits per heavy atom. The molecule has 1 amide bonds. The van der Waals surface area contributed by atoms with Crippen molar-refractivity contribution in [1.29, 1.82) is 0 Å². The Labute approximate surface area is 164 Å². The maximum Gasteiger partial charge on any atom is 0.418 e. The smallest absolute Gasteiger partial charge is 0.360 e. The Morgan fingerprint density at radius 1 is 1.10 bits per heavy atom. The number of hydrogen-bond acceptors (Lipinski definition) is 4. The molecule has 154 valence electrons. The normalized spacial score (nSPS) is 15.2. The summed E-state index contributed by atoms with van der Waals surface area (Å²) in [6, 6.07) is 11.2.